The van der Waals surface area contributed by atoms with Gasteiger partial charge in [-0.15, -0.1) is 0 Å². The van der Waals surface area contributed by atoms with E-state index in [4.69, 9.17) is 11.0 Å². The topological polar surface area (TPSA) is 67.6 Å². The summed E-state index contributed by atoms with van der Waals surface area (Å²) in [5.74, 6) is 0. The molecule has 0 aliphatic carbocycles. The number of aromatic nitrogens is 2. The van der Waals surface area contributed by atoms with E-state index in [0.717, 1.165) is 22.6 Å². The molecule has 1 aromatic carbocycles. The van der Waals surface area contributed by atoms with Crippen LogP contribution in [0.4, 0.5) is 0 Å². The predicted octanol–water partition coefficient (Wildman–Crippen LogP) is 2.38. The molecule has 1 aromatic heterocycles. The minimum Gasteiger partial charge on any atom is -0.324 e. The maximum absolute atomic E-state index is 8.93. The van der Waals surface area contributed by atoms with Crippen molar-refractivity contribution in [2.75, 3.05) is 0 Å². The fourth-order valence-corrected chi connectivity index (χ4v) is 2.27. The van der Waals surface area contributed by atoms with Crippen molar-refractivity contribution in [2.45, 2.75) is 26.8 Å². The smallest absolute Gasteiger partial charge is 0.0992 e. The molecule has 0 saturated heterocycles. The number of rotatable bonds is 2. The first-order valence-corrected chi connectivity index (χ1v) is 5.87. The summed E-state index contributed by atoms with van der Waals surface area (Å²) in [6.07, 6.45) is 0. The molecule has 4 heteroatoms. The van der Waals surface area contributed by atoms with Crippen molar-refractivity contribution in [3.8, 4) is 11.8 Å². The maximum Gasteiger partial charge on any atom is 0.0992 e. The molecular formula is C14H16N4. The molecule has 2 aromatic rings. The molecule has 0 spiro atoms. The first kappa shape index (κ1) is 12.3. The van der Waals surface area contributed by atoms with Crippen LogP contribution in [0.3, 0.4) is 0 Å². The van der Waals surface area contributed by atoms with Crippen molar-refractivity contribution >= 4 is 0 Å². The third-order valence-corrected chi connectivity index (χ3v) is 3.02. The van der Waals surface area contributed by atoms with Gasteiger partial charge in [0.25, 0.3) is 0 Å². The molecule has 0 radical (unpaired) electrons. The van der Waals surface area contributed by atoms with Crippen LogP contribution in [0.5, 0.6) is 0 Å². The van der Waals surface area contributed by atoms with Crippen LogP contribution in [-0.2, 0) is 0 Å². The Morgan fingerprint density at radius 2 is 2.11 bits per heavy atom. The Kier molecular flexibility index (Phi) is 3.17. The molecule has 18 heavy (non-hydrogen) atoms. The number of benzene rings is 1. The lowest BCUT2D eigenvalue weighted by molar-refractivity contribution is 0.795. The van der Waals surface area contributed by atoms with E-state index in [0.29, 0.717) is 5.56 Å². The molecule has 1 atom stereocenters. The third-order valence-electron chi connectivity index (χ3n) is 3.02. The van der Waals surface area contributed by atoms with Crippen LogP contribution in [0.1, 0.15) is 35.5 Å². The zero-order valence-corrected chi connectivity index (χ0v) is 10.8. The number of nitriles is 1. The first-order valence-electron chi connectivity index (χ1n) is 5.87. The molecule has 4 nitrogen and oxygen atoms in total. The van der Waals surface area contributed by atoms with Crippen molar-refractivity contribution in [1.82, 2.24) is 9.78 Å². The lowest BCUT2D eigenvalue weighted by Crippen LogP contribution is -2.08. The molecule has 0 aliphatic heterocycles. The normalized spacial score (nSPS) is 12.2. The molecule has 0 bridgehead atoms. The van der Waals surface area contributed by atoms with Crippen LogP contribution in [0.25, 0.3) is 5.69 Å². The van der Waals surface area contributed by atoms with Crippen molar-refractivity contribution < 1.29 is 0 Å². The van der Waals surface area contributed by atoms with Gasteiger partial charge in [0.15, 0.2) is 0 Å². The van der Waals surface area contributed by atoms with Crippen molar-refractivity contribution in [2.24, 2.45) is 5.73 Å². The predicted molar refractivity (Wildman–Crippen MR) is 70.4 cm³/mol. The summed E-state index contributed by atoms with van der Waals surface area (Å²) in [6, 6.07) is 9.49. The molecule has 0 amide bonds. The van der Waals surface area contributed by atoms with E-state index < -0.39 is 0 Å². The zero-order valence-electron chi connectivity index (χ0n) is 10.8. The number of nitrogens with two attached hydrogens (primary N) is 1. The fourth-order valence-electron chi connectivity index (χ4n) is 2.27. The minimum atomic E-state index is -0.0436. The van der Waals surface area contributed by atoms with Crippen LogP contribution in [0.2, 0.25) is 0 Å². The molecule has 0 aliphatic rings. The van der Waals surface area contributed by atoms with E-state index in [9.17, 15) is 0 Å². The van der Waals surface area contributed by atoms with Gasteiger partial charge in [0, 0.05) is 17.3 Å². The molecule has 2 N–H and O–H groups in total. The van der Waals surface area contributed by atoms with Crippen LogP contribution < -0.4 is 5.73 Å². The molecule has 2 rings (SSSR count). The Bertz CT molecular complexity index is 617. The maximum atomic E-state index is 8.93. The molecule has 1 unspecified atom stereocenters. The van der Waals surface area contributed by atoms with E-state index in [1.165, 1.54) is 0 Å². The van der Waals surface area contributed by atoms with Gasteiger partial charge in [0.05, 0.1) is 23.0 Å². The van der Waals surface area contributed by atoms with Crippen LogP contribution in [-0.4, -0.2) is 9.78 Å². The van der Waals surface area contributed by atoms with Gasteiger partial charge < -0.3 is 5.73 Å². The number of hydrogen-bond donors (Lipinski definition) is 1. The van der Waals surface area contributed by atoms with Gasteiger partial charge in [-0.2, -0.15) is 10.4 Å². The second-order valence-corrected chi connectivity index (χ2v) is 4.45. The lowest BCUT2D eigenvalue weighted by atomic mass is 10.1. The van der Waals surface area contributed by atoms with Crippen LogP contribution in [0.15, 0.2) is 24.3 Å². The third kappa shape index (κ3) is 2.01. The minimum absolute atomic E-state index is 0.0436. The molecule has 0 saturated carbocycles. The van der Waals surface area contributed by atoms with Gasteiger partial charge in [0.2, 0.25) is 0 Å². The zero-order chi connectivity index (χ0) is 13.3. The van der Waals surface area contributed by atoms with Crippen molar-refractivity contribution in [3.63, 3.8) is 0 Å². The Balaban J connectivity index is 2.58. The summed E-state index contributed by atoms with van der Waals surface area (Å²) in [4.78, 5) is 0. The highest BCUT2D eigenvalue weighted by Crippen LogP contribution is 2.22. The Morgan fingerprint density at radius 1 is 1.39 bits per heavy atom. The summed E-state index contributed by atoms with van der Waals surface area (Å²) in [5.41, 5.74) is 10.5. The largest absolute Gasteiger partial charge is 0.324 e. The highest BCUT2D eigenvalue weighted by atomic mass is 15.3. The Hall–Kier alpha value is -2.12. The standard InChI is InChI=1S/C14H16N4/c1-9(16)14-10(2)17-18(11(14)3)13-6-4-5-12(7-13)8-15/h4-7,9H,16H2,1-3H3. The van der Waals surface area contributed by atoms with E-state index in [1.807, 2.05) is 43.7 Å². The highest BCUT2D eigenvalue weighted by molar-refractivity contribution is 5.43. The summed E-state index contributed by atoms with van der Waals surface area (Å²) in [6.45, 7) is 5.90. The van der Waals surface area contributed by atoms with Gasteiger partial charge in [0.1, 0.15) is 0 Å². The molecular weight excluding hydrogens is 224 g/mol. The van der Waals surface area contributed by atoms with Crippen molar-refractivity contribution in [1.29, 1.82) is 5.26 Å². The van der Waals surface area contributed by atoms with E-state index in [-0.39, 0.29) is 6.04 Å². The van der Waals surface area contributed by atoms with Gasteiger partial charge in [-0.05, 0) is 39.0 Å². The summed E-state index contributed by atoms with van der Waals surface area (Å²) in [7, 11) is 0. The molecule has 92 valence electrons. The Labute approximate surface area is 107 Å². The summed E-state index contributed by atoms with van der Waals surface area (Å²) in [5, 5.41) is 13.4. The summed E-state index contributed by atoms with van der Waals surface area (Å²) < 4.78 is 1.84. The number of nitrogens with zero attached hydrogens (tertiary/aromatic N) is 3. The molecule has 1 heterocycles. The summed E-state index contributed by atoms with van der Waals surface area (Å²) >= 11 is 0. The van der Waals surface area contributed by atoms with Gasteiger partial charge in [-0.25, -0.2) is 4.68 Å². The van der Waals surface area contributed by atoms with E-state index >= 15 is 0 Å². The SMILES string of the molecule is Cc1nn(-c2cccc(C#N)c2)c(C)c1C(C)N. The van der Waals surface area contributed by atoms with Crippen molar-refractivity contribution in [3.05, 3.63) is 46.8 Å². The molecule has 0 fully saturated rings. The van der Waals surface area contributed by atoms with Gasteiger partial charge in [-0.3, -0.25) is 0 Å². The number of hydrogen-bond acceptors (Lipinski definition) is 3. The number of aryl methyl sites for hydroxylation is 1. The fraction of sp³-hybridized carbons (Fsp3) is 0.286. The van der Waals surface area contributed by atoms with E-state index in [1.54, 1.807) is 6.07 Å². The average molecular weight is 240 g/mol. The quantitative estimate of drug-likeness (QED) is 0.876. The van der Waals surface area contributed by atoms with E-state index in [2.05, 4.69) is 11.2 Å². The van der Waals surface area contributed by atoms with Gasteiger partial charge >= 0.3 is 0 Å². The second kappa shape index (κ2) is 4.63. The van der Waals surface area contributed by atoms with Crippen LogP contribution >= 0.6 is 0 Å². The first-order chi connectivity index (χ1) is 8.54. The average Bonchev–Trinajstić information content (AvgIpc) is 2.65. The second-order valence-electron chi connectivity index (χ2n) is 4.45. The monoisotopic (exact) mass is 240 g/mol. The van der Waals surface area contributed by atoms with Gasteiger partial charge in [-0.1, -0.05) is 6.07 Å². The lowest BCUT2D eigenvalue weighted by Gasteiger charge is -2.07. The Morgan fingerprint density at radius 3 is 2.67 bits per heavy atom. The van der Waals surface area contributed by atoms with Crippen LogP contribution in [0, 0.1) is 25.2 Å². The highest BCUT2D eigenvalue weighted by Gasteiger charge is 2.15.